The molecule has 0 saturated carbocycles. The van der Waals surface area contributed by atoms with Crippen molar-refractivity contribution in [3.8, 4) is 11.8 Å². The van der Waals surface area contributed by atoms with Crippen LogP contribution in [0.3, 0.4) is 0 Å². The monoisotopic (exact) mass is 348 g/mol. The molecular weight excluding hydrogens is 335 g/mol. The average Bonchev–Trinajstić information content (AvgIpc) is 2.53. The third kappa shape index (κ3) is 4.62. The van der Waals surface area contributed by atoms with E-state index in [1.165, 1.54) is 6.07 Å². The van der Waals surface area contributed by atoms with Gasteiger partial charge in [0, 0.05) is 5.02 Å². The Kier molecular flexibility index (Phi) is 5.86. The molecule has 0 unspecified atom stereocenters. The highest BCUT2D eigenvalue weighted by Gasteiger charge is 2.13. The first-order valence-electron chi connectivity index (χ1n) is 6.87. The maximum Gasteiger partial charge on any atom is 0.258 e. The van der Waals surface area contributed by atoms with Crippen LogP contribution in [0, 0.1) is 11.3 Å². The molecule has 23 heavy (non-hydrogen) atoms. The molecule has 2 rings (SSSR count). The Morgan fingerprint density at radius 3 is 2.65 bits per heavy atom. The summed E-state index contributed by atoms with van der Waals surface area (Å²) >= 11 is 12.1. The van der Waals surface area contributed by atoms with Gasteiger partial charge < -0.3 is 10.1 Å². The molecule has 2 aromatic carbocycles. The van der Waals surface area contributed by atoms with E-state index >= 15 is 0 Å². The molecule has 0 saturated heterocycles. The van der Waals surface area contributed by atoms with Gasteiger partial charge in [0.05, 0.1) is 22.7 Å². The fourth-order valence-electron chi connectivity index (χ4n) is 2.02. The molecule has 6 heteroatoms. The summed E-state index contributed by atoms with van der Waals surface area (Å²) in [6.45, 7) is 1.66. The van der Waals surface area contributed by atoms with Crippen molar-refractivity contribution in [3.05, 3.63) is 63.6 Å². The van der Waals surface area contributed by atoms with Crippen LogP contribution in [-0.2, 0) is 4.79 Å². The number of ether oxygens (including phenoxy) is 1. The van der Waals surface area contributed by atoms with Gasteiger partial charge in [-0.1, -0.05) is 41.4 Å². The number of carbonyl (C=O) groups is 1. The van der Waals surface area contributed by atoms with Crippen molar-refractivity contribution in [3.63, 3.8) is 0 Å². The quantitative estimate of drug-likeness (QED) is 0.883. The minimum absolute atomic E-state index is 0.180. The van der Waals surface area contributed by atoms with Gasteiger partial charge >= 0.3 is 0 Å². The van der Waals surface area contributed by atoms with E-state index in [-0.39, 0.29) is 23.6 Å². The summed E-state index contributed by atoms with van der Waals surface area (Å²) in [5.74, 6) is 0.0593. The van der Waals surface area contributed by atoms with E-state index in [1.807, 2.05) is 31.2 Å². The molecule has 118 valence electrons. The SMILES string of the molecule is C[C@@H](NC(=O)COc1ccc(C#N)cc1Cl)c1ccccc1Cl. The van der Waals surface area contributed by atoms with Crippen LogP contribution in [0.15, 0.2) is 42.5 Å². The summed E-state index contributed by atoms with van der Waals surface area (Å²) in [6.07, 6.45) is 0. The lowest BCUT2D eigenvalue weighted by molar-refractivity contribution is -0.123. The summed E-state index contributed by atoms with van der Waals surface area (Å²) in [5, 5.41) is 12.5. The molecule has 0 aliphatic heterocycles. The van der Waals surface area contributed by atoms with E-state index < -0.39 is 0 Å². The fourth-order valence-corrected chi connectivity index (χ4v) is 2.55. The number of carbonyl (C=O) groups excluding carboxylic acids is 1. The molecule has 0 bridgehead atoms. The van der Waals surface area contributed by atoms with Crippen LogP contribution in [0.2, 0.25) is 10.0 Å². The molecule has 0 heterocycles. The Labute approximate surface area is 144 Å². The number of benzene rings is 2. The van der Waals surface area contributed by atoms with Crippen molar-refractivity contribution in [2.45, 2.75) is 13.0 Å². The number of amides is 1. The van der Waals surface area contributed by atoms with Crippen LogP contribution in [0.1, 0.15) is 24.1 Å². The number of nitrogens with zero attached hydrogens (tertiary/aromatic N) is 1. The van der Waals surface area contributed by atoms with E-state index in [2.05, 4.69) is 5.32 Å². The molecule has 2 aromatic rings. The molecule has 1 N–H and O–H groups in total. The molecule has 0 aliphatic rings. The number of rotatable bonds is 5. The summed E-state index contributed by atoms with van der Waals surface area (Å²) in [5.41, 5.74) is 1.26. The first-order valence-corrected chi connectivity index (χ1v) is 7.63. The van der Waals surface area contributed by atoms with Crippen LogP contribution in [0.5, 0.6) is 5.75 Å². The minimum Gasteiger partial charge on any atom is -0.482 e. The van der Waals surface area contributed by atoms with E-state index in [0.717, 1.165) is 5.56 Å². The second-order valence-electron chi connectivity index (χ2n) is 4.86. The summed E-state index contributed by atoms with van der Waals surface area (Å²) in [7, 11) is 0. The van der Waals surface area contributed by atoms with Crippen LogP contribution < -0.4 is 10.1 Å². The summed E-state index contributed by atoms with van der Waals surface area (Å²) < 4.78 is 5.38. The third-order valence-electron chi connectivity index (χ3n) is 3.17. The number of hydrogen-bond acceptors (Lipinski definition) is 3. The highest BCUT2D eigenvalue weighted by atomic mass is 35.5. The van der Waals surface area contributed by atoms with Crippen molar-refractivity contribution in [2.24, 2.45) is 0 Å². The smallest absolute Gasteiger partial charge is 0.258 e. The first-order chi connectivity index (χ1) is 11.0. The maximum atomic E-state index is 12.0. The van der Waals surface area contributed by atoms with Gasteiger partial charge in [-0.2, -0.15) is 5.26 Å². The number of nitrogens with one attached hydrogen (secondary N) is 1. The van der Waals surface area contributed by atoms with Crippen molar-refractivity contribution >= 4 is 29.1 Å². The average molecular weight is 349 g/mol. The molecule has 0 radical (unpaired) electrons. The molecule has 1 amide bonds. The highest BCUT2D eigenvalue weighted by Crippen LogP contribution is 2.25. The van der Waals surface area contributed by atoms with Gasteiger partial charge in [0.15, 0.2) is 6.61 Å². The van der Waals surface area contributed by atoms with Crippen molar-refractivity contribution in [1.82, 2.24) is 5.32 Å². The van der Waals surface area contributed by atoms with Crippen LogP contribution in [-0.4, -0.2) is 12.5 Å². The van der Waals surface area contributed by atoms with Gasteiger partial charge in [0.1, 0.15) is 5.75 Å². The second kappa shape index (κ2) is 7.87. The standard InChI is InChI=1S/C17H14Cl2N2O2/c1-11(13-4-2-3-5-14(13)18)21-17(22)10-23-16-7-6-12(9-20)8-15(16)19/h2-8,11H,10H2,1H3,(H,21,22)/t11-/m1/s1. The molecule has 0 spiro atoms. The summed E-state index contributed by atoms with van der Waals surface area (Å²) in [4.78, 5) is 12.0. The van der Waals surface area contributed by atoms with Gasteiger partial charge in [-0.15, -0.1) is 0 Å². The van der Waals surface area contributed by atoms with E-state index in [4.69, 9.17) is 33.2 Å². The van der Waals surface area contributed by atoms with Crippen molar-refractivity contribution < 1.29 is 9.53 Å². The zero-order valence-corrected chi connectivity index (χ0v) is 13.9. The molecular formula is C17H14Cl2N2O2. The Balaban J connectivity index is 1.93. The zero-order chi connectivity index (χ0) is 16.8. The molecule has 0 aromatic heterocycles. The topological polar surface area (TPSA) is 62.1 Å². The largest absolute Gasteiger partial charge is 0.482 e. The molecule has 0 aliphatic carbocycles. The van der Waals surface area contributed by atoms with Crippen LogP contribution >= 0.6 is 23.2 Å². The molecule has 4 nitrogen and oxygen atoms in total. The Morgan fingerprint density at radius 2 is 2.00 bits per heavy atom. The third-order valence-corrected chi connectivity index (χ3v) is 3.81. The van der Waals surface area contributed by atoms with Crippen molar-refractivity contribution in [2.75, 3.05) is 6.61 Å². The second-order valence-corrected chi connectivity index (χ2v) is 5.67. The lowest BCUT2D eigenvalue weighted by atomic mass is 10.1. The van der Waals surface area contributed by atoms with E-state index in [1.54, 1.807) is 18.2 Å². The molecule has 0 fully saturated rings. The Hall–Kier alpha value is -2.22. The van der Waals surface area contributed by atoms with Crippen LogP contribution in [0.4, 0.5) is 0 Å². The predicted molar refractivity (Wildman–Crippen MR) is 89.7 cm³/mol. The number of nitriles is 1. The van der Waals surface area contributed by atoms with E-state index in [9.17, 15) is 4.79 Å². The lowest BCUT2D eigenvalue weighted by Gasteiger charge is -2.16. The Morgan fingerprint density at radius 1 is 1.26 bits per heavy atom. The number of hydrogen-bond donors (Lipinski definition) is 1. The van der Waals surface area contributed by atoms with Gasteiger partial charge in [-0.25, -0.2) is 0 Å². The summed E-state index contributed by atoms with van der Waals surface area (Å²) in [6, 6.07) is 13.7. The normalized spacial score (nSPS) is 11.4. The minimum atomic E-state index is -0.294. The van der Waals surface area contributed by atoms with Gasteiger partial charge in [0.25, 0.3) is 5.91 Å². The van der Waals surface area contributed by atoms with Gasteiger partial charge in [0.2, 0.25) is 0 Å². The maximum absolute atomic E-state index is 12.0. The van der Waals surface area contributed by atoms with Crippen LogP contribution in [0.25, 0.3) is 0 Å². The van der Waals surface area contributed by atoms with Gasteiger partial charge in [-0.3, -0.25) is 4.79 Å². The number of halogens is 2. The van der Waals surface area contributed by atoms with E-state index in [0.29, 0.717) is 16.3 Å². The fraction of sp³-hybridized carbons (Fsp3) is 0.176. The Bertz CT molecular complexity index is 756. The highest BCUT2D eigenvalue weighted by molar-refractivity contribution is 6.32. The first kappa shape index (κ1) is 17.1. The predicted octanol–water partition coefficient (Wildman–Crippen LogP) is 4.12. The van der Waals surface area contributed by atoms with Crippen molar-refractivity contribution in [1.29, 1.82) is 5.26 Å². The zero-order valence-electron chi connectivity index (χ0n) is 12.3. The van der Waals surface area contributed by atoms with Gasteiger partial charge in [-0.05, 0) is 36.8 Å². The molecule has 1 atom stereocenters. The lowest BCUT2D eigenvalue weighted by Crippen LogP contribution is -2.31.